The molecule has 0 spiro atoms. The molecule has 2 heterocycles. The van der Waals surface area contributed by atoms with E-state index >= 15 is 0 Å². The molecular weight excluding hydrogens is 242 g/mol. The van der Waals surface area contributed by atoms with Crippen molar-refractivity contribution in [1.29, 1.82) is 0 Å². The van der Waals surface area contributed by atoms with Crippen molar-refractivity contribution >= 4 is 5.91 Å². The Morgan fingerprint density at radius 3 is 2.95 bits per heavy atom. The molecule has 6 heteroatoms. The lowest BCUT2D eigenvalue weighted by Crippen LogP contribution is -2.32. The summed E-state index contributed by atoms with van der Waals surface area (Å²) >= 11 is 0. The summed E-state index contributed by atoms with van der Waals surface area (Å²) < 4.78 is 0. The molecule has 0 bridgehead atoms. The summed E-state index contributed by atoms with van der Waals surface area (Å²) in [5.41, 5.74) is 1.04. The topological polar surface area (TPSA) is 73.9 Å². The minimum atomic E-state index is -0.131. The van der Waals surface area contributed by atoms with Crippen molar-refractivity contribution in [3.05, 3.63) is 11.4 Å². The third-order valence-corrected chi connectivity index (χ3v) is 3.48. The number of H-pyrrole nitrogens is 1. The van der Waals surface area contributed by atoms with Gasteiger partial charge in [-0.15, -0.1) is 0 Å². The molecule has 6 nitrogen and oxygen atoms in total. The minimum Gasteiger partial charge on any atom is -0.350 e. The van der Waals surface area contributed by atoms with E-state index in [1.54, 1.807) is 6.92 Å². The summed E-state index contributed by atoms with van der Waals surface area (Å²) in [5.74, 6) is 1.12. The number of hydrogen-bond donors (Lipinski definition) is 2. The van der Waals surface area contributed by atoms with Crippen LogP contribution in [-0.4, -0.2) is 52.4 Å². The van der Waals surface area contributed by atoms with Gasteiger partial charge >= 0.3 is 0 Å². The molecule has 1 fully saturated rings. The second-order valence-electron chi connectivity index (χ2n) is 5.78. The van der Waals surface area contributed by atoms with Gasteiger partial charge < -0.3 is 10.2 Å². The Morgan fingerprint density at radius 2 is 2.32 bits per heavy atom. The van der Waals surface area contributed by atoms with E-state index in [9.17, 15) is 4.79 Å². The third kappa shape index (κ3) is 3.76. The van der Waals surface area contributed by atoms with Crippen LogP contribution in [-0.2, 0) is 0 Å². The quantitative estimate of drug-likeness (QED) is 0.826. The first-order chi connectivity index (χ1) is 9.06. The standard InChI is InChI=1S/C13H23N5O/c1-9(2)7-18-5-4-11(8-18)6-14-13(19)12-10(3)15-17-16-12/h9,11H,4-8H2,1-3H3,(H,14,19)(H,15,16,17)/t11-/m1/s1. The monoisotopic (exact) mass is 265 g/mol. The maximum Gasteiger partial charge on any atom is 0.273 e. The molecule has 19 heavy (non-hydrogen) atoms. The first-order valence-electron chi connectivity index (χ1n) is 6.94. The van der Waals surface area contributed by atoms with E-state index in [0.717, 1.165) is 32.6 Å². The van der Waals surface area contributed by atoms with Crippen LogP contribution in [0.15, 0.2) is 0 Å². The second kappa shape index (κ2) is 6.14. The molecule has 2 rings (SSSR count). The van der Waals surface area contributed by atoms with Crippen molar-refractivity contribution in [2.45, 2.75) is 27.2 Å². The minimum absolute atomic E-state index is 0.131. The summed E-state index contributed by atoms with van der Waals surface area (Å²) in [5, 5.41) is 13.1. The molecule has 0 unspecified atom stereocenters. The van der Waals surface area contributed by atoms with Crippen LogP contribution in [0.5, 0.6) is 0 Å². The number of amides is 1. The molecular formula is C13H23N5O. The highest BCUT2D eigenvalue weighted by Gasteiger charge is 2.23. The highest BCUT2D eigenvalue weighted by Crippen LogP contribution is 2.16. The number of nitrogens with one attached hydrogen (secondary N) is 2. The summed E-state index contributed by atoms with van der Waals surface area (Å²) in [6, 6.07) is 0. The van der Waals surface area contributed by atoms with Crippen molar-refractivity contribution in [3.8, 4) is 0 Å². The molecule has 0 aliphatic carbocycles. The molecule has 106 valence electrons. The number of aromatic amines is 1. The lowest BCUT2D eigenvalue weighted by Gasteiger charge is -2.18. The number of carbonyl (C=O) groups excluding carboxylic acids is 1. The van der Waals surface area contributed by atoms with Gasteiger partial charge in [0, 0.05) is 19.6 Å². The molecule has 1 amide bonds. The SMILES string of the molecule is Cc1n[nH]nc1C(=O)NC[C@H]1CCN(CC(C)C)C1. The van der Waals surface area contributed by atoms with Crippen LogP contribution >= 0.6 is 0 Å². The predicted octanol–water partition coefficient (Wildman–Crippen LogP) is 0.821. The molecule has 1 saturated heterocycles. The van der Waals surface area contributed by atoms with Gasteiger partial charge in [0.05, 0.1) is 5.69 Å². The Balaban J connectivity index is 1.75. The average molecular weight is 265 g/mol. The van der Waals surface area contributed by atoms with Crippen LogP contribution in [0.2, 0.25) is 0 Å². The van der Waals surface area contributed by atoms with Gasteiger partial charge in [-0.05, 0) is 31.7 Å². The predicted molar refractivity (Wildman–Crippen MR) is 72.8 cm³/mol. The third-order valence-electron chi connectivity index (χ3n) is 3.48. The van der Waals surface area contributed by atoms with Crippen LogP contribution in [0.25, 0.3) is 0 Å². The molecule has 1 atom stereocenters. The van der Waals surface area contributed by atoms with Crippen LogP contribution in [0, 0.1) is 18.8 Å². The van der Waals surface area contributed by atoms with Gasteiger partial charge in [-0.3, -0.25) is 4.79 Å². The number of carbonyl (C=O) groups is 1. The molecule has 0 saturated carbocycles. The van der Waals surface area contributed by atoms with Gasteiger partial charge in [0.15, 0.2) is 5.69 Å². The van der Waals surface area contributed by atoms with Crippen LogP contribution < -0.4 is 5.32 Å². The van der Waals surface area contributed by atoms with Crippen molar-refractivity contribution in [3.63, 3.8) is 0 Å². The van der Waals surface area contributed by atoms with Crippen molar-refractivity contribution in [2.24, 2.45) is 11.8 Å². The van der Waals surface area contributed by atoms with Gasteiger partial charge in [0.1, 0.15) is 0 Å². The second-order valence-corrected chi connectivity index (χ2v) is 5.78. The van der Waals surface area contributed by atoms with Gasteiger partial charge in [-0.25, -0.2) is 0 Å². The maximum absolute atomic E-state index is 11.9. The normalized spacial score (nSPS) is 20.1. The molecule has 1 aromatic rings. The Kier molecular flexibility index (Phi) is 4.52. The van der Waals surface area contributed by atoms with E-state index in [0.29, 0.717) is 23.2 Å². The number of aryl methyl sites for hydroxylation is 1. The summed E-state index contributed by atoms with van der Waals surface area (Å²) in [4.78, 5) is 14.4. The van der Waals surface area contributed by atoms with Crippen LogP contribution in [0.3, 0.4) is 0 Å². The fourth-order valence-electron chi connectivity index (χ4n) is 2.58. The molecule has 1 aromatic heterocycles. The van der Waals surface area contributed by atoms with Crippen molar-refractivity contribution in [2.75, 3.05) is 26.2 Å². The van der Waals surface area contributed by atoms with Crippen molar-refractivity contribution < 1.29 is 4.79 Å². The lowest BCUT2D eigenvalue weighted by molar-refractivity contribution is 0.0941. The van der Waals surface area contributed by atoms with E-state index in [1.807, 2.05) is 0 Å². The zero-order valence-corrected chi connectivity index (χ0v) is 11.9. The zero-order chi connectivity index (χ0) is 13.8. The van der Waals surface area contributed by atoms with E-state index in [1.165, 1.54) is 0 Å². The Morgan fingerprint density at radius 1 is 1.53 bits per heavy atom. The van der Waals surface area contributed by atoms with E-state index in [-0.39, 0.29) is 5.91 Å². The lowest BCUT2D eigenvalue weighted by atomic mass is 10.1. The van der Waals surface area contributed by atoms with Crippen LogP contribution in [0.1, 0.15) is 36.5 Å². The number of hydrogen-bond acceptors (Lipinski definition) is 4. The molecule has 1 aliphatic heterocycles. The van der Waals surface area contributed by atoms with Gasteiger partial charge in [-0.2, -0.15) is 15.4 Å². The first kappa shape index (κ1) is 14.0. The number of likely N-dealkylation sites (tertiary alicyclic amines) is 1. The summed E-state index contributed by atoms with van der Waals surface area (Å²) in [7, 11) is 0. The highest BCUT2D eigenvalue weighted by molar-refractivity contribution is 5.93. The molecule has 2 N–H and O–H groups in total. The molecule has 0 radical (unpaired) electrons. The largest absolute Gasteiger partial charge is 0.350 e. The number of nitrogens with zero attached hydrogens (tertiary/aromatic N) is 3. The van der Waals surface area contributed by atoms with E-state index in [2.05, 4.69) is 39.5 Å². The average Bonchev–Trinajstić information content (AvgIpc) is 2.94. The Hall–Kier alpha value is -1.43. The van der Waals surface area contributed by atoms with Gasteiger partial charge in [0.25, 0.3) is 5.91 Å². The van der Waals surface area contributed by atoms with Gasteiger partial charge in [0.2, 0.25) is 0 Å². The molecule has 0 aromatic carbocycles. The fourth-order valence-corrected chi connectivity index (χ4v) is 2.58. The summed E-state index contributed by atoms with van der Waals surface area (Å²) in [6.07, 6.45) is 1.16. The van der Waals surface area contributed by atoms with Crippen molar-refractivity contribution in [1.82, 2.24) is 25.6 Å². The van der Waals surface area contributed by atoms with E-state index in [4.69, 9.17) is 0 Å². The summed E-state index contributed by atoms with van der Waals surface area (Å²) in [6.45, 7) is 10.3. The Bertz CT molecular complexity index is 428. The fraction of sp³-hybridized carbons (Fsp3) is 0.769. The Labute approximate surface area is 113 Å². The maximum atomic E-state index is 11.9. The molecule has 1 aliphatic rings. The number of rotatable bonds is 5. The smallest absolute Gasteiger partial charge is 0.273 e. The first-order valence-corrected chi connectivity index (χ1v) is 6.94. The zero-order valence-electron chi connectivity index (χ0n) is 11.9. The number of aromatic nitrogens is 3. The van der Waals surface area contributed by atoms with E-state index < -0.39 is 0 Å². The van der Waals surface area contributed by atoms with Gasteiger partial charge in [-0.1, -0.05) is 13.8 Å². The highest BCUT2D eigenvalue weighted by atomic mass is 16.2. The van der Waals surface area contributed by atoms with Crippen LogP contribution in [0.4, 0.5) is 0 Å².